The first-order valence-corrected chi connectivity index (χ1v) is 13.8. The summed E-state index contributed by atoms with van der Waals surface area (Å²) in [5.41, 5.74) is 1.00. The number of anilines is 1. The standard InChI is InChI=1S/C27H41N7O6/c1-5-19(6-2)30-24-22-25(34(16-29-22)17-40-23(20(36)15-35)26(37)28-7-3)32-21(31-24)10-8-9-18-11-13-33(14-12-18)27(38)39-4/h16,18-20,23,35-36H,5-7,9,11-15,17H2,1-4H3,(H,28,37)(H,30,31,32)/t20?,23-/m0/s1. The van der Waals surface area contributed by atoms with E-state index in [0.717, 1.165) is 25.7 Å². The fourth-order valence-electron chi connectivity index (χ4n) is 4.50. The van der Waals surface area contributed by atoms with Crippen LogP contribution in [0.25, 0.3) is 11.2 Å². The number of piperidine rings is 1. The lowest BCUT2D eigenvalue weighted by atomic mass is 9.94. The van der Waals surface area contributed by atoms with Crippen molar-refractivity contribution in [2.45, 2.75) is 77.9 Å². The molecule has 1 aliphatic heterocycles. The molecule has 1 aliphatic rings. The minimum atomic E-state index is -1.39. The number of methoxy groups -OCH3 is 1. The van der Waals surface area contributed by atoms with Crippen LogP contribution in [0, 0.1) is 17.8 Å². The molecule has 0 aliphatic carbocycles. The molecule has 13 nitrogen and oxygen atoms in total. The molecule has 0 spiro atoms. The number of amides is 2. The molecule has 13 heteroatoms. The number of carbonyl (C=O) groups excluding carboxylic acids is 2. The fraction of sp³-hybridized carbons (Fsp3) is 0.667. The predicted octanol–water partition coefficient (Wildman–Crippen LogP) is 1.48. The average molecular weight is 560 g/mol. The normalized spacial score (nSPS) is 15.4. The summed E-state index contributed by atoms with van der Waals surface area (Å²) in [5.74, 6) is 7.01. The summed E-state index contributed by atoms with van der Waals surface area (Å²) in [6.45, 7) is 6.82. The Balaban J connectivity index is 1.82. The smallest absolute Gasteiger partial charge is 0.409 e. The molecule has 2 atom stereocenters. The zero-order valence-corrected chi connectivity index (χ0v) is 23.7. The highest BCUT2D eigenvalue weighted by Gasteiger charge is 2.27. The number of aliphatic hydroxyl groups is 2. The summed E-state index contributed by atoms with van der Waals surface area (Å²) >= 11 is 0. The summed E-state index contributed by atoms with van der Waals surface area (Å²) in [6.07, 6.45) is 2.72. The first-order valence-electron chi connectivity index (χ1n) is 13.8. The minimum absolute atomic E-state index is 0.136. The summed E-state index contributed by atoms with van der Waals surface area (Å²) in [5, 5.41) is 25.5. The van der Waals surface area contributed by atoms with Gasteiger partial charge in [0.25, 0.3) is 5.91 Å². The highest BCUT2D eigenvalue weighted by atomic mass is 16.5. The number of fused-ring (bicyclic) bond motifs is 1. The molecule has 2 amide bonds. The zero-order valence-electron chi connectivity index (χ0n) is 23.7. The summed E-state index contributed by atoms with van der Waals surface area (Å²) in [7, 11) is 1.39. The lowest BCUT2D eigenvalue weighted by Gasteiger charge is -2.29. The largest absolute Gasteiger partial charge is 0.453 e. The molecule has 0 aromatic carbocycles. The lowest BCUT2D eigenvalue weighted by Crippen LogP contribution is -2.45. The lowest BCUT2D eigenvalue weighted by molar-refractivity contribution is -0.147. The molecule has 1 fully saturated rings. The predicted molar refractivity (Wildman–Crippen MR) is 148 cm³/mol. The van der Waals surface area contributed by atoms with Gasteiger partial charge in [0.15, 0.2) is 23.1 Å². The molecule has 2 aromatic heterocycles. The highest BCUT2D eigenvalue weighted by molar-refractivity contribution is 5.83. The van der Waals surface area contributed by atoms with E-state index in [9.17, 15) is 19.8 Å². The van der Waals surface area contributed by atoms with Crippen LogP contribution in [0.1, 0.15) is 58.7 Å². The molecular weight excluding hydrogens is 518 g/mol. The van der Waals surface area contributed by atoms with Crippen LogP contribution >= 0.6 is 0 Å². The molecule has 0 radical (unpaired) electrons. The van der Waals surface area contributed by atoms with Crippen LogP contribution < -0.4 is 10.6 Å². The zero-order chi connectivity index (χ0) is 29.1. The second kappa shape index (κ2) is 15.4. The number of likely N-dealkylation sites (tertiary alicyclic amines) is 1. The second-order valence-corrected chi connectivity index (χ2v) is 9.71. The first kappa shape index (κ1) is 31.1. The number of likely N-dealkylation sites (N-methyl/N-ethyl adjacent to an activating group) is 1. The quantitative estimate of drug-likeness (QED) is 0.280. The van der Waals surface area contributed by atoms with Gasteiger partial charge in [-0.3, -0.25) is 9.36 Å². The van der Waals surface area contributed by atoms with Gasteiger partial charge in [-0.25, -0.2) is 19.7 Å². The van der Waals surface area contributed by atoms with E-state index in [4.69, 9.17) is 9.47 Å². The third kappa shape index (κ3) is 8.03. The van der Waals surface area contributed by atoms with Gasteiger partial charge in [0, 0.05) is 32.1 Å². The van der Waals surface area contributed by atoms with Gasteiger partial charge in [0.1, 0.15) is 12.8 Å². The number of nitrogens with one attached hydrogen (secondary N) is 2. The molecule has 1 unspecified atom stereocenters. The van der Waals surface area contributed by atoms with Crippen molar-refractivity contribution >= 4 is 29.0 Å². The molecule has 3 rings (SSSR count). The summed E-state index contributed by atoms with van der Waals surface area (Å²) in [6, 6.07) is 0.183. The molecule has 1 saturated heterocycles. The Morgan fingerprint density at radius 3 is 2.55 bits per heavy atom. The highest BCUT2D eigenvalue weighted by Crippen LogP contribution is 2.23. The van der Waals surface area contributed by atoms with Crippen LogP contribution in [-0.4, -0.2) is 98.2 Å². The van der Waals surface area contributed by atoms with Crippen LogP contribution in [0.2, 0.25) is 0 Å². The Hall–Kier alpha value is -3.47. The number of aliphatic hydroxyl groups excluding tert-OH is 2. The second-order valence-electron chi connectivity index (χ2n) is 9.71. The maximum absolute atomic E-state index is 12.4. The van der Waals surface area contributed by atoms with Crippen molar-refractivity contribution in [1.82, 2.24) is 29.7 Å². The van der Waals surface area contributed by atoms with Crippen molar-refractivity contribution in [3.63, 3.8) is 0 Å². The Labute approximate surface area is 234 Å². The number of nitrogens with zero attached hydrogens (tertiary/aromatic N) is 5. The number of ether oxygens (including phenoxy) is 2. The summed E-state index contributed by atoms with van der Waals surface area (Å²) in [4.78, 5) is 39.5. The van der Waals surface area contributed by atoms with E-state index in [1.54, 1.807) is 16.4 Å². The van der Waals surface area contributed by atoms with E-state index in [2.05, 4.69) is 51.3 Å². The molecule has 220 valence electrons. The van der Waals surface area contributed by atoms with Crippen molar-refractivity contribution in [3.8, 4) is 11.8 Å². The van der Waals surface area contributed by atoms with Crippen molar-refractivity contribution in [3.05, 3.63) is 12.2 Å². The van der Waals surface area contributed by atoms with Gasteiger partial charge in [-0.05, 0) is 44.4 Å². The Morgan fingerprint density at radius 1 is 1.20 bits per heavy atom. The van der Waals surface area contributed by atoms with Crippen LogP contribution in [0.15, 0.2) is 6.33 Å². The van der Waals surface area contributed by atoms with Gasteiger partial charge in [-0.1, -0.05) is 19.8 Å². The third-order valence-electron chi connectivity index (χ3n) is 6.97. The van der Waals surface area contributed by atoms with Crippen molar-refractivity contribution in [1.29, 1.82) is 0 Å². The van der Waals surface area contributed by atoms with Crippen molar-refractivity contribution in [2.75, 3.05) is 38.7 Å². The van der Waals surface area contributed by atoms with E-state index >= 15 is 0 Å². The molecule has 2 aromatic rings. The molecule has 0 saturated carbocycles. The third-order valence-corrected chi connectivity index (χ3v) is 6.97. The van der Waals surface area contributed by atoms with E-state index in [1.165, 1.54) is 13.4 Å². The van der Waals surface area contributed by atoms with Crippen LogP contribution in [0.4, 0.5) is 10.6 Å². The minimum Gasteiger partial charge on any atom is -0.453 e. The van der Waals surface area contributed by atoms with Gasteiger partial charge in [0.2, 0.25) is 5.82 Å². The van der Waals surface area contributed by atoms with E-state index in [-0.39, 0.29) is 18.9 Å². The number of hydrogen-bond acceptors (Lipinski definition) is 10. The molecule has 3 heterocycles. The first-order chi connectivity index (χ1) is 19.3. The molecular formula is C27H41N7O6. The fourth-order valence-corrected chi connectivity index (χ4v) is 4.50. The van der Waals surface area contributed by atoms with Gasteiger partial charge < -0.3 is 35.2 Å². The van der Waals surface area contributed by atoms with Gasteiger partial charge in [-0.2, -0.15) is 0 Å². The van der Waals surface area contributed by atoms with E-state index < -0.39 is 24.7 Å². The summed E-state index contributed by atoms with van der Waals surface area (Å²) < 4.78 is 12.1. The van der Waals surface area contributed by atoms with Crippen molar-refractivity contribution in [2.24, 2.45) is 5.92 Å². The maximum Gasteiger partial charge on any atom is 0.409 e. The number of rotatable bonds is 12. The number of aromatic nitrogens is 4. The van der Waals surface area contributed by atoms with Crippen LogP contribution in [-0.2, 0) is 21.0 Å². The molecule has 40 heavy (non-hydrogen) atoms. The number of imidazole rings is 1. The van der Waals surface area contributed by atoms with Crippen LogP contribution in [0.5, 0.6) is 0 Å². The van der Waals surface area contributed by atoms with Crippen molar-refractivity contribution < 1.29 is 29.3 Å². The van der Waals surface area contributed by atoms with Crippen LogP contribution in [0.3, 0.4) is 0 Å². The Kier molecular flexibility index (Phi) is 11.9. The molecule has 4 N–H and O–H groups in total. The van der Waals surface area contributed by atoms with E-state index in [1.807, 2.05) is 0 Å². The monoisotopic (exact) mass is 559 g/mol. The Morgan fingerprint density at radius 2 is 1.93 bits per heavy atom. The maximum atomic E-state index is 12.4. The molecule has 0 bridgehead atoms. The van der Waals surface area contributed by atoms with E-state index in [0.29, 0.717) is 54.8 Å². The number of carbonyl (C=O) groups is 2. The number of hydrogen-bond donors (Lipinski definition) is 4. The topological polar surface area (TPSA) is 164 Å². The Bertz CT molecular complexity index is 1180. The van der Waals surface area contributed by atoms with Gasteiger partial charge >= 0.3 is 6.09 Å². The average Bonchev–Trinajstić information content (AvgIpc) is 3.38. The SMILES string of the molecule is CCNC(=O)[C@@H](OCn1cnc2c(NC(CC)CC)nc(C#CCC3CCN(C(=O)OC)CC3)nc21)C(O)CO. The van der Waals surface area contributed by atoms with Gasteiger partial charge in [0.05, 0.1) is 20.0 Å². The van der Waals surface area contributed by atoms with Gasteiger partial charge in [-0.15, -0.1) is 0 Å².